The van der Waals surface area contributed by atoms with E-state index in [1.54, 1.807) is 0 Å². The van der Waals surface area contributed by atoms with E-state index in [-0.39, 0.29) is 12.4 Å². The molecule has 4 nitrogen and oxygen atoms in total. The average molecular weight is 376 g/mol. The second-order valence-corrected chi connectivity index (χ2v) is 7.07. The van der Waals surface area contributed by atoms with E-state index < -0.39 is 0 Å². The fourth-order valence-electron chi connectivity index (χ4n) is 3.17. The summed E-state index contributed by atoms with van der Waals surface area (Å²) in [6.45, 7) is 6.71. The molecule has 1 aromatic carbocycles. The zero-order chi connectivity index (χ0) is 17.5. The minimum atomic E-state index is 0. The van der Waals surface area contributed by atoms with Crippen molar-refractivity contribution in [3.63, 3.8) is 0 Å². The summed E-state index contributed by atoms with van der Waals surface area (Å²) in [5, 5.41) is 3.52. The smallest absolute Gasteiger partial charge is 0.231 e. The Morgan fingerprint density at radius 2 is 1.88 bits per heavy atom. The maximum atomic E-state index is 5.55. The van der Waals surface area contributed by atoms with Gasteiger partial charge in [-0.15, -0.1) is 0 Å². The summed E-state index contributed by atoms with van der Waals surface area (Å²) >= 11 is 0. The molecule has 2 heterocycles. The number of aromatic nitrogens is 1. The van der Waals surface area contributed by atoms with Crippen LogP contribution in [0.5, 0.6) is 11.5 Å². The van der Waals surface area contributed by atoms with Crippen LogP contribution in [0.4, 0.5) is 0 Å². The molecule has 0 bridgehead atoms. The minimum absolute atomic E-state index is 0. The van der Waals surface area contributed by atoms with Gasteiger partial charge in [-0.3, -0.25) is 4.98 Å². The minimum Gasteiger partial charge on any atom is -1.00 e. The van der Waals surface area contributed by atoms with Gasteiger partial charge >= 0.3 is 0 Å². The highest BCUT2D eigenvalue weighted by Gasteiger charge is 2.18. The molecule has 1 N–H and O–H groups in total. The molecule has 1 atom stereocenters. The number of ether oxygens (including phenoxy) is 2. The number of nitrogens with one attached hydrogen (secondary N) is 1. The topological polar surface area (TPSA) is 43.4 Å². The van der Waals surface area contributed by atoms with Gasteiger partial charge < -0.3 is 27.2 Å². The van der Waals surface area contributed by atoms with E-state index >= 15 is 0 Å². The third-order valence-corrected chi connectivity index (χ3v) is 4.66. The maximum Gasteiger partial charge on any atom is 0.231 e. The number of rotatable bonds is 9. The Labute approximate surface area is 162 Å². The summed E-state index contributed by atoms with van der Waals surface area (Å²) in [4.78, 5) is 4.36. The summed E-state index contributed by atoms with van der Waals surface area (Å²) in [6.07, 6.45) is 5.39. The van der Waals surface area contributed by atoms with Crippen molar-refractivity contribution in [1.29, 1.82) is 0 Å². The molecule has 0 aliphatic carbocycles. The molecule has 26 heavy (non-hydrogen) atoms. The third-order valence-electron chi connectivity index (χ3n) is 4.66. The van der Waals surface area contributed by atoms with Crippen molar-refractivity contribution >= 4 is 0 Å². The van der Waals surface area contributed by atoms with E-state index in [0.717, 1.165) is 42.6 Å². The molecule has 1 aromatic heterocycles. The highest BCUT2D eigenvalue weighted by atomic mass is 35.5. The fraction of sp³-hybridized carbons (Fsp3) is 0.476. The van der Waals surface area contributed by atoms with Gasteiger partial charge in [0.2, 0.25) is 6.79 Å². The first-order valence-electron chi connectivity index (χ1n) is 9.22. The molecule has 0 saturated heterocycles. The Morgan fingerprint density at radius 1 is 1.04 bits per heavy atom. The molecule has 1 aliphatic rings. The molecule has 0 radical (unpaired) electrons. The van der Waals surface area contributed by atoms with Crippen LogP contribution in [0.25, 0.3) is 0 Å². The third kappa shape index (κ3) is 5.89. The molecule has 1 aliphatic heterocycles. The molecule has 1 unspecified atom stereocenters. The zero-order valence-electron chi connectivity index (χ0n) is 15.6. The van der Waals surface area contributed by atoms with Gasteiger partial charge in [0, 0.05) is 12.7 Å². The molecule has 142 valence electrons. The molecule has 0 spiro atoms. The van der Waals surface area contributed by atoms with Crippen LogP contribution in [-0.2, 0) is 6.54 Å². The van der Waals surface area contributed by atoms with Crippen molar-refractivity contribution in [3.05, 3.63) is 53.9 Å². The molecule has 2 aromatic rings. The first-order valence-corrected chi connectivity index (χ1v) is 9.22. The Kier molecular flexibility index (Phi) is 8.20. The van der Waals surface area contributed by atoms with Crippen LogP contribution in [0.15, 0.2) is 42.6 Å². The number of halogens is 1. The Balaban J connectivity index is 0.00000243. The molecular weight excluding hydrogens is 348 g/mol. The van der Waals surface area contributed by atoms with E-state index in [4.69, 9.17) is 9.47 Å². The van der Waals surface area contributed by atoms with Gasteiger partial charge in [-0.1, -0.05) is 32.4 Å². The number of fused-ring (bicyclic) bond motifs is 1. The van der Waals surface area contributed by atoms with Gasteiger partial charge in [0.25, 0.3) is 0 Å². The zero-order valence-corrected chi connectivity index (χ0v) is 16.3. The van der Waals surface area contributed by atoms with Crippen LogP contribution < -0.4 is 27.2 Å². The van der Waals surface area contributed by atoms with Gasteiger partial charge in [0.15, 0.2) is 11.5 Å². The van der Waals surface area contributed by atoms with Crippen molar-refractivity contribution in [1.82, 2.24) is 10.3 Å². The quantitative estimate of drug-likeness (QED) is 0.675. The van der Waals surface area contributed by atoms with E-state index in [1.165, 1.54) is 18.4 Å². The SMILES string of the molecule is CC(C)CCC(CCNCc1ccccn1)c1ccc2c(c1)OCO2.[Cl-]. The highest BCUT2D eigenvalue weighted by Crippen LogP contribution is 2.36. The van der Waals surface area contributed by atoms with Gasteiger partial charge in [0.05, 0.1) is 5.69 Å². The number of pyridine rings is 1. The lowest BCUT2D eigenvalue weighted by Gasteiger charge is -2.19. The van der Waals surface area contributed by atoms with Gasteiger partial charge in [0.1, 0.15) is 0 Å². The van der Waals surface area contributed by atoms with Crippen LogP contribution in [0.1, 0.15) is 50.3 Å². The second kappa shape index (κ2) is 10.4. The van der Waals surface area contributed by atoms with Crippen molar-refractivity contribution in [2.45, 2.75) is 45.6 Å². The largest absolute Gasteiger partial charge is 1.00 e. The number of benzene rings is 1. The molecule has 5 heteroatoms. The predicted molar refractivity (Wildman–Crippen MR) is 99.9 cm³/mol. The molecule has 3 rings (SSSR count). The van der Waals surface area contributed by atoms with E-state index in [0.29, 0.717) is 12.7 Å². The Morgan fingerprint density at radius 3 is 2.65 bits per heavy atom. The molecular formula is C21H28ClN2O2-. The van der Waals surface area contributed by atoms with E-state index in [9.17, 15) is 0 Å². The maximum absolute atomic E-state index is 5.55. The average Bonchev–Trinajstić information content (AvgIpc) is 3.09. The summed E-state index contributed by atoms with van der Waals surface area (Å²) in [5.74, 6) is 3.00. The van der Waals surface area contributed by atoms with Crippen LogP contribution in [0.3, 0.4) is 0 Å². The van der Waals surface area contributed by atoms with Crippen molar-refractivity contribution in [3.8, 4) is 11.5 Å². The Hall–Kier alpha value is -1.78. The lowest BCUT2D eigenvalue weighted by atomic mass is 9.88. The molecule has 0 fully saturated rings. The van der Waals surface area contributed by atoms with Crippen LogP contribution in [0.2, 0.25) is 0 Å². The van der Waals surface area contributed by atoms with Crippen molar-refractivity contribution < 1.29 is 21.9 Å². The summed E-state index contributed by atoms with van der Waals surface area (Å²) in [7, 11) is 0. The first-order chi connectivity index (χ1) is 12.2. The number of nitrogens with zero attached hydrogens (tertiary/aromatic N) is 1. The van der Waals surface area contributed by atoms with Crippen LogP contribution in [-0.4, -0.2) is 18.3 Å². The van der Waals surface area contributed by atoms with Crippen LogP contribution >= 0.6 is 0 Å². The summed E-state index contributed by atoms with van der Waals surface area (Å²) in [6, 6.07) is 12.4. The van der Waals surface area contributed by atoms with Crippen molar-refractivity contribution in [2.75, 3.05) is 13.3 Å². The predicted octanol–water partition coefficient (Wildman–Crippen LogP) is 1.51. The van der Waals surface area contributed by atoms with Crippen molar-refractivity contribution in [2.24, 2.45) is 5.92 Å². The first kappa shape index (κ1) is 20.5. The second-order valence-electron chi connectivity index (χ2n) is 7.07. The standard InChI is InChI=1S/C21H28N2O2.ClH/c1-16(2)6-7-17(10-12-22-14-19-5-3-4-11-23-19)18-8-9-20-21(13-18)25-15-24-20;/h3-5,8-9,11,13,16-17,22H,6-7,10,12,14-15H2,1-2H3;1H/p-1. The van der Waals surface area contributed by atoms with Crippen LogP contribution in [0, 0.1) is 5.92 Å². The van der Waals surface area contributed by atoms with E-state index in [1.807, 2.05) is 24.4 Å². The Bertz CT molecular complexity index is 664. The molecule has 0 saturated carbocycles. The normalized spacial score (nSPS) is 13.5. The van der Waals surface area contributed by atoms with Gasteiger partial charge in [-0.2, -0.15) is 0 Å². The van der Waals surface area contributed by atoms with Gasteiger partial charge in [-0.25, -0.2) is 0 Å². The number of hydrogen-bond acceptors (Lipinski definition) is 4. The number of hydrogen-bond donors (Lipinski definition) is 1. The van der Waals surface area contributed by atoms with E-state index in [2.05, 4.69) is 42.3 Å². The summed E-state index contributed by atoms with van der Waals surface area (Å²) in [5.41, 5.74) is 2.44. The highest BCUT2D eigenvalue weighted by molar-refractivity contribution is 5.45. The lowest BCUT2D eigenvalue weighted by molar-refractivity contribution is -0.00000697. The van der Waals surface area contributed by atoms with Gasteiger partial charge in [-0.05, 0) is 61.1 Å². The lowest BCUT2D eigenvalue weighted by Crippen LogP contribution is -3.00. The molecule has 0 amide bonds. The fourth-order valence-corrected chi connectivity index (χ4v) is 3.17. The monoisotopic (exact) mass is 375 g/mol. The summed E-state index contributed by atoms with van der Waals surface area (Å²) < 4.78 is 11.0.